The molecule has 0 aliphatic heterocycles. The topological polar surface area (TPSA) is 55.1 Å². The zero-order chi connectivity index (χ0) is 13.5. The second-order valence-electron chi connectivity index (χ2n) is 3.99. The lowest BCUT2D eigenvalue weighted by Crippen LogP contribution is -2.00. The molecular weight excluding hydrogens is 240 g/mol. The number of ether oxygens (including phenoxy) is 2. The quantitative estimate of drug-likeness (QED) is 0.823. The Labute approximate surface area is 112 Å². The van der Waals surface area contributed by atoms with Crippen LogP contribution >= 0.6 is 0 Å². The van der Waals surface area contributed by atoms with Gasteiger partial charge in [-0.2, -0.15) is 5.26 Å². The summed E-state index contributed by atoms with van der Waals surface area (Å²) in [6.45, 7) is 0.876. The highest BCUT2D eigenvalue weighted by atomic mass is 16.5. The number of nitrogens with zero attached hydrogens (tertiary/aromatic N) is 2. The van der Waals surface area contributed by atoms with Gasteiger partial charge in [-0.05, 0) is 23.8 Å². The van der Waals surface area contributed by atoms with Crippen LogP contribution in [0.5, 0.6) is 5.75 Å². The standard InChI is InChI=1S/C15H14N2O2/c1-18-10-12-4-2-6-14(8-12)19-11-13-5-3-7-17-15(13)9-16/h2-8H,10-11H2,1H3. The second kappa shape index (κ2) is 6.53. The van der Waals surface area contributed by atoms with Crippen LogP contribution in [0.4, 0.5) is 0 Å². The van der Waals surface area contributed by atoms with Crippen molar-refractivity contribution in [2.75, 3.05) is 7.11 Å². The average Bonchev–Trinajstić information content (AvgIpc) is 2.46. The minimum Gasteiger partial charge on any atom is -0.489 e. The summed E-state index contributed by atoms with van der Waals surface area (Å²) >= 11 is 0. The van der Waals surface area contributed by atoms with Gasteiger partial charge in [-0.25, -0.2) is 4.98 Å². The Morgan fingerprint density at radius 3 is 2.89 bits per heavy atom. The zero-order valence-electron chi connectivity index (χ0n) is 10.7. The molecule has 0 fully saturated rings. The van der Waals surface area contributed by atoms with Crippen molar-refractivity contribution in [1.82, 2.24) is 4.98 Å². The first-order valence-corrected chi connectivity index (χ1v) is 5.88. The first kappa shape index (κ1) is 13.1. The molecule has 0 aliphatic rings. The van der Waals surface area contributed by atoms with Crippen LogP contribution in [0.25, 0.3) is 0 Å². The molecule has 1 aromatic heterocycles. The number of hydrogen-bond donors (Lipinski definition) is 0. The molecule has 0 saturated carbocycles. The van der Waals surface area contributed by atoms with Gasteiger partial charge in [-0.15, -0.1) is 0 Å². The third-order valence-electron chi connectivity index (χ3n) is 2.60. The summed E-state index contributed by atoms with van der Waals surface area (Å²) in [6, 6.07) is 13.4. The van der Waals surface area contributed by atoms with Crippen LogP contribution in [0.15, 0.2) is 42.6 Å². The number of methoxy groups -OCH3 is 1. The Bertz CT molecular complexity index is 591. The van der Waals surface area contributed by atoms with Crippen LogP contribution in [-0.2, 0) is 18.0 Å². The van der Waals surface area contributed by atoms with Gasteiger partial charge in [0.25, 0.3) is 0 Å². The van der Waals surface area contributed by atoms with Crippen molar-refractivity contribution in [3.63, 3.8) is 0 Å². The average molecular weight is 254 g/mol. The predicted molar refractivity (Wildman–Crippen MR) is 70.4 cm³/mol. The lowest BCUT2D eigenvalue weighted by molar-refractivity contribution is 0.184. The van der Waals surface area contributed by atoms with Crippen molar-refractivity contribution in [3.05, 3.63) is 59.4 Å². The molecule has 0 atom stereocenters. The van der Waals surface area contributed by atoms with Gasteiger partial charge in [0.1, 0.15) is 24.1 Å². The highest BCUT2D eigenvalue weighted by Gasteiger charge is 2.03. The van der Waals surface area contributed by atoms with E-state index in [1.165, 1.54) is 0 Å². The molecule has 0 bridgehead atoms. The molecule has 0 saturated heterocycles. The summed E-state index contributed by atoms with van der Waals surface area (Å²) in [6.07, 6.45) is 1.60. The van der Waals surface area contributed by atoms with E-state index >= 15 is 0 Å². The van der Waals surface area contributed by atoms with Gasteiger partial charge in [0.15, 0.2) is 0 Å². The molecule has 2 rings (SSSR count). The van der Waals surface area contributed by atoms with E-state index in [1.807, 2.05) is 30.3 Å². The van der Waals surface area contributed by atoms with Crippen molar-refractivity contribution in [2.24, 2.45) is 0 Å². The zero-order valence-corrected chi connectivity index (χ0v) is 10.7. The first-order chi connectivity index (χ1) is 9.33. The molecule has 0 unspecified atom stereocenters. The maximum Gasteiger partial charge on any atom is 0.147 e. The number of rotatable bonds is 5. The molecule has 1 aromatic carbocycles. The Kier molecular flexibility index (Phi) is 4.49. The van der Waals surface area contributed by atoms with E-state index in [9.17, 15) is 0 Å². The summed E-state index contributed by atoms with van der Waals surface area (Å²) in [5.74, 6) is 0.752. The normalized spacial score (nSPS) is 9.89. The molecule has 1 heterocycles. The molecule has 0 spiro atoms. The van der Waals surface area contributed by atoms with Crippen molar-refractivity contribution >= 4 is 0 Å². The van der Waals surface area contributed by atoms with Crippen molar-refractivity contribution in [2.45, 2.75) is 13.2 Å². The van der Waals surface area contributed by atoms with Gasteiger partial charge in [0.2, 0.25) is 0 Å². The van der Waals surface area contributed by atoms with E-state index in [1.54, 1.807) is 19.4 Å². The van der Waals surface area contributed by atoms with E-state index in [0.29, 0.717) is 18.9 Å². The fourth-order valence-electron chi connectivity index (χ4n) is 1.71. The minimum absolute atomic E-state index is 0.327. The molecule has 4 nitrogen and oxygen atoms in total. The van der Waals surface area contributed by atoms with Gasteiger partial charge in [-0.1, -0.05) is 18.2 Å². The fourth-order valence-corrected chi connectivity index (χ4v) is 1.71. The number of aromatic nitrogens is 1. The van der Waals surface area contributed by atoms with E-state index in [-0.39, 0.29) is 0 Å². The number of nitriles is 1. The van der Waals surface area contributed by atoms with E-state index in [0.717, 1.165) is 16.9 Å². The molecule has 0 aliphatic carbocycles. The van der Waals surface area contributed by atoms with Crippen molar-refractivity contribution < 1.29 is 9.47 Å². The van der Waals surface area contributed by atoms with Crippen LogP contribution in [-0.4, -0.2) is 12.1 Å². The van der Waals surface area contributed by atoms with Gasteiger partial charge < -0.3 is 9.47 Å². The minimum atomic E-state index is 0.327. The molecule has 0 N–H and O–H groups in total. The first-order valence-electron chi connectivity index (χ1n) is 5.88. The highest BCUT2D eigenvalue weighted by molar-refractivity contribution is 5.32. The van der Waals surface area contributed by atoms with Crippen LogP contribution < -0.4 is 4.74 Å². The van der Waals surface area contributed by atoms with Gasteiger partial charge in [0.05, 0.1) is 6.61 Å². The molecular formula is C15H14N2O2. The monoisotopic (exact) mass is 254 g/mol. The van der Waals surface area contributed by atoms with Gasteiger partial charge in [-0.3, -0.25) is 0 Å². The third kappa shape index (κ3) is 3.54. The lowest BCUT2D eigenvalue weighted by atomic mass is 10.2. The summed E-state index contributed by atoms with van der Waals surface area (Å²) in [7, 11) is 1.66. The summed E-state index contributed by atoms with van der Waals surface area (Å²) < 4.78 is 10.7. The highest BCUT2D eigenvalue weighted by Crippen LogP contribution is 2.16. The van der Waals surface area contributed by atoms with Crippen molar-refractivity contribution in [1.29, 1.82) is 5.26 Å². The molecule has 0 radical (unpaired) electrons. The Morgan fingerprint density at radius 1 is 1.21 bits per heavy atom. The summed E-state index contributed by atoms with van der Waals surface area (Å²) in [5.41, 5.74) is 2.23. The summed E-state index contributed by atoms with van der Waals surface area (Å²) in [5, 5.41) is 8.95. The largest absolute Gasteiger partial charge is 0.489 e. The second-order valence-corrected chi connectivity index (χ2v) is 3.99. The maximum absolute atomic E-state index is 8.95. The Hall–Kier alpha value is -2.38. The van der Waals surface area contributed by atoms with Gasteiger partial charge >= 0.3 is 0 Å². The number of hydrogen-bond acceptors (Lipinski definition) is 4. The summed E-state index contributed by atoms with van der Waals surface area (Å²) in [4.78, 5) is 4.00. The lowest BCUT2D eigenvalue weighted by Gasteiger charge is -2.08. The van der Waals surface area contributed by atoms with E-state index in [4.69, 9.17) is 14.7 Å². The maximum atomic E-state index is 8.95. The van der Waals surface area contributed by atoms with Crippen molar-refractivity contribution in [3.8, 4) is 11.8 Å². The van der Waals surface area contributed by atoms with Gasteiger partial charge in [0, 0.05) is 18.9 Å². The van der Waals surface area contributed by atoms with Crippen LogP contribution in [0.3, 0.4) is 0 Å². The Balaban J connectivity index is 2.06. The van der Waals surface area contributed by atoms with E-state index < -0.39 is 0 Å². The number of benzene rings is 1. The van der Waals surface area contributed by atoms with Crippen LogP contribution in [0.2, 0.25) is 0 Å². The predicted octanol–water partition coefficient (Wildman–Crippen LogP) is 2.68. The fraction of sp³-hybridized carbons (Fsp3) is 0.200. The smallest absolute Gasteiger partial charge is 0.147 e. The molecule has 96 valence electrons. The van der Waals surface area contributed by atoms with E-state index in [2.05, 4.69) is 11.1 Å². The number of pyridine rings is 1. The molecule has 2 aromatic rings. The molecule has 4 heteroatoms. The molecule has 0 amide bonds. The SMILES string of the molecule is COCc1cccc(OCc2cccnc2C#N)c1. The Morgan fingerprint density at radius 2 is 2.11 bits per heavy atom. The molecule has 19 heavy (non-hydrogen) atoms. The third-order valence-corrected chi connectivity index (χ3v) is 2.60. The van der Waals surface area contributed by atoms with Crippen LogP contribution in [0.1, 0.15) is 16.8 Å². The van der Waals surface area contributed by atoms with Crippen LogP contribution in [0, 0.1) is 11.3 Å².